The Morgan fingerprint density at radius 1 is 1.31 bits per heavy atom. The molecule has 0 heterocycles. The Morgan fingerprint density at radius 2 is 1.94 bits per heavy atom. The Balaban J connectivity index is 2.40. The van der Waals surface area contributed by atoms with Gasteiger partial charge >= 0.3 is 0 Å². The molecule has 1 aliphatic rings. The summed E-state index contributed by atoms with van der Waals surface area (Å²) in [5, 5.41) is 0. The molecular formula is C14H21NO. The van der Waals surface area contributed by atoms with Gasteiger partial charge in [-0.3, -0.25) is 0 Å². The van der Waals surface area contributed by atoms with E-state index < -0.39 is 0 Å². The molecule has 88 valence electrons. The molecule has 1 saturated carbocycles. The van der Waals surface area contributed by atoms with Crippen LogP contribution in [0.15, 0.2) is 18.2 Å². The number of benzene rings is 1. The smallest absolute Gasteiger partial charge is 0.119 e. The van der Waals surface area contributed by atoms with Gasteiger partial charge < -0.3 is 10.5 Å². The van der Waals surface area contributed by atoms with E-state index >= 15 is 0 Å². The highest BCUT2D eigenvalue weighted by Crippen LogP contribution is 2.50. The quantitative estimate of drug-likeness (QED) is 0.848. The van der Waals surface area contributed by atoms with Crippen molar-refractivity contribution in [2.75, 3.05) is 7.11 Å². The van der Waals surface area contributed by atoms with Crippen LogP contribution < -0.4 is 10.5 Å². The molecule has 2 nitrogen and oxygen atoms in total. The first-order valence-corrected chi connectivity index (χ1v) is 5.85. The maximum Gasteiger partial charge on any atom is 0.119 e. The first kappa shape index (κ1) is 11.5. The van der Waals surface area contributed by atoms with Crippen LogP contribution in [0.2, 0.25) is 0 Å². The second kappa shape index (κ2) is 3.49. The number of aryl methyl sites for hydroxylation is 1. The molecule has 2 N–H and O–H groups in total. The van der Waals surface area contributed by atoms with Crippen LogP contribution >= 0.6 is 0 Å². The predicted octanol–water partition coefficient (Wildman–Crippen LogP) is 2.77. The van der Waals surface area contributed by atoms with Crippen molar-refractivity contribution in [1.29, 1.82) is 0 Å². The molecule has 2 rings (SSSR count). The molecule has 1 fully saturated rings. The molecule has 0 saturated heterocycles. The van der Waals surface area contributed by atoms with Gasteiger partial charge in [-0.1, -0.05) is 19.9 Å². The van der Waals surface area contributed by atoms with E-state index in [4.69, 9.17) is 10.5 Å². The van der Waals surface area contributed by atoms with Gasteiger partial charge in [0.25, 0.3) is 0 Å². The van der Waals surface area contributed by atoms with Gasteiger partial charge in [0, 0.05) is 11.0 Å². The zero-order valence-corrected chi connectivity index (χ0v) is 10.6. The number of ether oxygens (including phenoxy) is 1. The molecule has 0 amide bonds. The summed E-state index contributed by atoms with van der Waals surface area (Å²) in [5.74, 6) is 0.916. The molecule has 0 atom stereocenters. The standard InChI is InChI=1S/C14H21NO/c1-10-9-11(16-4)5-6-12(10)13(2,3)14(15)7-8-14/h5-6,9H,7-8,15H2,1-4H3. The van der Waals surface area contributed by atoms with E-state index in [1.165, 1.54) is 11.1 Å². The molecule has 0 radical (unpaired) electrons. The van der Waals surface area contributed by atoms with E-state index in [2.05, 4.69) is 32.9 Å². The van der Waals surface area contributed by atoms with E-state index in [9.17, 15) is 0 Å². The largest absolute Gasteiger partial charge is 0.497 e. The average Bonchev–Trinajstić information content (AvgIpc) is 2.97. The van der Waals surface area contributed by atoms with Crippen molar-refractivity contribution in [3.05, 3.63) is 29.3 Å². The van der Waals surface area contributed by atoms with Gasteiger partial charge in [-0.05, 0) is 43.0 Å². The maximum atomic E-state index is 6.36. The van der Waals surface area contributed by atoms with Crippen LogP contribution in [0.5, 0.6) is 5.75 Å². The van der Waals surface area contributed by atoms with Crippen molar-refractivity contribution in [3.63, 3.8) is 0 Å². The summed E-state index contributed by atoms with van der Waals surface area (Å²) in [4.78, 5) is 0. The first-order valence-electron chi connectivity index (χ1n) is 5.85. The number of rotatable bonds is 3. The van der Waals surface area contributed by atoms with E-state index in [0.717, 1.165) is 18.6 Å². The average molecular weight is 219 g/mol. The molecule has 0 aliphatic heterocycles. The lowest BCUT2D eigenvalue weighted by molar-refractivity contribution is 0.386. The fourth-order valence-corrected chi connectivity index (χ4v) is 2.49. The van der Waals surface area contributed by atoms with E-state index in [0.29, 0.717) is 0 Å². The van der Waals surface area contributed by atoms with Crippen LogP contribution in [0.25, 0.3) is 0 Å². The van der Waals surface area contributed by atoms with Gasteiger partial charge in [-0.25, -0.2) is 0 Å². The van der Waals surface area contributed by atoms with Gasteiger partial charge in [0.15, 0.2) is 0 Å². The predicted molar refractivity (Wildman–Crippen MR) is 66.9 cm³/mol. The molecular weight excluding hydrogens is 198 g/mol. The SMILES string of the molecule is COc1ccc(C(C)(C)C2(N)CC2)c(C)c1. The van der Waals surface area contributed by atoms with Gasteiger partial charge in [0.2, 0.25) is 0 Å². The maximum absolute atomic E-state index is 6.36. The van der Waals surface area contributed by atoms with Gasteiger partial charge in [-0.2, -0.15) is 0 Å². The lowest BCUT2D eigenvalue weighted by Gasteiger charge is -2.34. The van der Waals surface area contributed by atoms with Crippen LogP contribution in [-0.4, -0.2) is 12.6 Å². The molecule has 16 heavy (non-hydrogen) atoms. The van der Waals surface area contributed by atoms with Gasteiger partial charge in [0.1, 0.15) is 5.75 Å². The van der Waals surface area contributed by atoms with Crippen molar-refractivity contribution in [2.24, 2.45) is 5.73 Å². The van der Waals surface area contributed by atoms with Crippen LogP contribution in [0, 0.1) is 6.92 Å². The summed E-state index contributed by atoms with van der Waals surface area (Å²) in [6, 6.07) is 6.26. The van der Waals surface area contributed by atoms with Crippen molar-refractivity contribution in [2.45, 2.75) is 44.6 Å². The lowest BCUT2D eigenvalue weighted by Crippen LogP contribution is -2.43. The number of nitrogens with two attached hydrogens (primary N) is 1. The highest BCUT2D eigenvalue weighted by Gasteiger charge is 2.52. The minimum Gasteiger partial charge on any atom is -0.497 e. The van der Waals surface area contributed by atoms with Crippen LogP contribution in [0.4, 0.5) is 0 Å². The van der Waals surface area contributed by atoms with Crippen molar-refractivity contribution in [3.8, 4) is 5.75 Å². The molecule has 0 unspecified atom stereocenters. The monoisotopic (exact) mass is 219 g/mol. The minimum absolute atomic E-state index is 0.00759. The van der Waals surface area contributed by atoms with E-state index in [1.54, 1.807) is 7.11 Å². The Labute approximate surface area is 97.8 Å². The molecule has 0 bridgehead atoms. The zero-order chi connectivity index (χ0) is 12.0. The first-order chi connectivity index (χ1) is 7.40. The Kier molecular flexibility index (Phi) is 2.50. The topological polar surface area (TPSA) is 35.2 Å². The number of hydrogen-bond donors (Lipinski definition) is 1. The fraction of sp³-hybridized carbons (Fsp3) is 0.571. The Bertz CT molecular complexity index is 405. The third-order valence-electron chi connectivity index (χ3n) is 4.14. The minimum atomic E-state index is -0.00759. The zero-order valence-electron chi connectivity index (χ0n) is 10.6. The molecule has 0 aromatic heterocycles. The Hall–Kier alpha value is -1.02. The second-order valence-electron chi connectivity index (χ2n) is 5.46. The molecule has 1 aromatic rings. The van der Waals surface area contributed by atoms with Crippen LogP contribution in [0.3, 0.4) is 0 Å². The molecule has 2 heteroatoms. The molecule has 1 aliphatic carbocycles. The number of methoxy groups -OCH3 is 1. The highest BCUT2D eigenvalue weighted by atomic mass is 16.5. The highest BCUT2D eigenvalue weighted by molar-refractivity contribution is 5.42. The summed E-state index contributed by atoms with van der Waals surface area (Å²) in [6.07, 6.45) is 2.26. The number of hydrogen-bond acceptors (Lipinski definition) is 2. The molecule has 0 spiro atoms. The summed E-state index contributed by atoms with van der Waals surface area (Å²) in [5.41, 5.74) is 9.01. The summed E-state index contributed by atoms with van der Waals surface area (Å²) in [7, 11) is 1.70. The Morgan fingerprint density at radius 3 is 2.38 bits per heavy atom. The van der Waals surface area contributed by atoms with E-state index in [-0.39, 0.29) is 11.0 Å². The summed E-state index contributed by atoms with van der Waals surface area (Å²) in [6.45, 7) is 6.62. The van der Waals surface area contributed by atoms with Gasteiger partial charge in [0.05, 0.1) is 7.11 Å². The normalized spacial score (nSPS) is 18.3. The van der Waals surface area contributed by atoms with Crippen LogP contribution in [0.1, 0.15) is 37.8 Å². The van der Waals surface area contributed by atoms with Gasteiger partial charge in [-0.15, -0.1) is 0 Å². The van der Waals surface area contributed by atoms with E-state index in [1.807, 2.05) is 6.07 Å². The summed E-state index contributed by atoms with van der Waals surface area (Å²) < 4.78 is 5.23. The summed E-state index contributed by atoms with van der Waals surface area (Å²) >= 11 is 0. The second-order valence-corrected chi connectivity index (χ2v) is 5.46. The molecule has 1 aromatic carbocycles. The third kappa shape index (κ3) is 1.61. The third-order valence-corrected chi connectivity index (χ3v) is 4.14. The van der Waals surface area contributed by atoms with Crippen molar-refractivity contribution < 1.29 is 4.74 Å². The fourth-order valence-electron chi connectivity index (χ4n) is 2.49. The van der Waals surface area contributed by atoms with Crippen molar-refractivity contribution >= 4 is 0 Å². The van der Waals surface area contributed by atoms with Crippen LogP contribution in [-0.2, 0) is 5.41 Å². The lowest BCUT2D eigenvalue weighted by atomic mass is 9.74. The van der Waals surface area contributed by atoms with Crippen molar-refractivity contribution in [1.82, 2.24) is 0 Å².